The van der Waals surface area contributed by atoms with Crippen LogP contribution in [-0.2, 0) is 20.9 Å². The zero-order chi connectivity index (χ0) is 25.6. The Labute approximate surface area is 216 Å². The number of hydrogen-bond acceptors (Lipinski definition) is 5. The summed E-state index contributed by atoms with van der Waals surface area (Å²) >= 11 is 0. The van der Waals surface area contributed by atoms with Gasteiger partial charge >= 0.3 is 5.97 Å². The molecule has 2 fully saturated rings. The highest BCUT2D eigenvalue weighted by atomic mass is 16.5. The van der Waals surface area contributed by atoms with E-state index in [4.69, 9.17) is 19.3 Å². The Morgan fingerprint density at radius 2 is 1.64 bits per heavy atom. The van der Waals surface area contributed by atoms with Gasteiger partial charge in [-0.15, -0.1) is 0 Å². The maximum absolute atomic E-state index is 9.96. The third kappa shape index (κ3) is 9.57. The Morgan fingerprint density at radius 1 is 0.972 bits per heavy atom. The van der Waals surface area contributed by atoms with Crippen molar-refractivity contribution in [2.45, 2.75) is 77.0 Å². The first-order valence-corrected chi connectivity index (χ1v) is 13.5. The number of carboxylic acid groups (broad SMARTS) is 1. The molecule has 0 spiro atoms. The molecule has 2 unspecified atom stereocenters. The summed E-state index contributed by atoms with van der Waals surface area (Å²) in [5, 5.41) is 8.21. The largest absolute Gasteiger partial charge is 0.497 e. The molecule has 198 valence electrons. The van der Waals surface area contributed by atoms with E-state index in [1.165, 1.54) is 36.0 Å². The Balaban J connectivity index is 0.000000345. The summed E-state index contributed by atoms with van der Waals surface area (Å²) in [6.07, 6.45) is 8.52. The molecule has 1 heterocycles. The van der Waals surface area contributed by atoms with Gasteiger partial charge in [-0.1, -0.05) is 62.6 Å². The van der Waals surface area contributed by atoms with Gasteiger partial charge in [0.1, 0.15) is 5.75 Å². The van der Waals surface area contributed by atoms with E-state index in [1.807, 2.05) is 12.1 Å². The molecule has 0 radical (unpaired) electrons. The van der Waals surface area contributed by atoms with Crippen LogP contribution in [0.2, 0.25) is 0 Å². The van der Waals surface area contributed by atoms with Gasteiger partial charge in [-0.2, -0.15) is 0 Å². The lowest BCUT2D eigenvalue weighted by Crippen LogP contribution is -2.42. The van der Waals surface area contributed by atoms with E-state index >= 15 is 0 Å². The van der Waals surface area contributed by atoms with Gasteiger partial charge in [-0.05, 0) is 54.5 Å². The minimum Gasteiger partial charge on any atom is -0.497 e. The number of carboxylic acids is 1. The molecule has 1 saturated heterocycles. The molecule has 1 N–H and O–H groups in total. The fourth-order valence-electron chi connectivity index (χ4n) is 4.84. The maximum atomic E-state index is 9.96. The van der Waals surface area contributed by atoms with Gasteiger partial charge in [-0.3, -0.25) is 9.69 Å². The van der Waals surface area contributed by atoms with Crippen molar-refractivity contribution in [1.29, 1.82) is 0 Å². The third-order valence-electron chi connectivity index (χ3n) is 7.03. The van der Waals surface area contributed by atoms with E-state index in [2.05, 4.69) is 48.2 Å². The van der Waals surface area contributed by atoms with Gasteiger partial charge in [0.25, 0.3) is 0 Å². The lowest BCUT2D eigenvalue weighted by Gasteiger charge is -2.32. The molecule has 36 heavy (non-hydrogen) atoms. The number of benzene rings is 2. The zero-order valence-corrected chi connectivity index (χ0v) is 22.0. The van der Waals surface area contributed by atoms with Gasteiger partial charge in [0.15, 0.2) is 0 Å². The van der Waals surface area contributed by atoms with Crippen LogP contribution in [0.1, 0.15) is 63.9 Å². The van der Waals surface area contributed by atoms with E-state index in [1.54, 1.807) is 7.11 Å². The third-order valence-corrected chi connectivity index (χ3v) is 7.03. The summed E-state index contributed by atoms with van der Waals surface area (Å²) in [6, 6.07) is 17.5. The summed E-state index contributed by atoms with van der Waals surface area (Å²) in [6.45, 7) is 6.71. The van der Waals surface area contributed by atoms with Crippen LogP contribution in [0.5, 0.6) is 5.75 Å². The van der Waals surface area contributed by atoms with Crippen molar-refractivity contribution in [2.24, 2.45) is 0 Å². The molecular formula is C30H43NO5. The lowest BCUT2D eigenvalue weighted by molar-refractivity contribution is -0.137. The first-order chi connectivity index (χ1) is 17.6. The second kappa shape index (κ2) is 15.6. The number of hydrogen-bond donors (Lipinski definition) is 1. The minimum atomic E-state index is -0.675. The molecule has 0 aromatic heterocycles. The average Bonchev–Trinajstić information content (AvgIpc) is 3.40. The van der Waals surface area contributed by atoms with Crippen molar-refractivity contribution in [3.8, 4) is 16.9 Å². The van der Waals surface area contributed by atoms with Gasteiger partial charge < -0.3 is 19.3 Å². The van der Waals surface area contributed by atoms with Crippen LogP contribution < -0.4 is 4.74 Å². The van der Waals surface area contributed by atoms with E-state index in [-0.39, 0.29) is 0 Å². The monoisotopic (exact) mass is 497 g/mol. The Kier molecular flexibility index (Phi) is 12.2. The molecule has 4 rings (SSSR count). The van der Waals surface area contributed by atoms with E-state index < -0.39 is 5.97 Å². The second-order valence-corrected chi connectivity index (χ2v) is 9.68. The van der Waals surface area contributed by atoms with Crippen LogP contribution in [0, 0.1) is 0 Å². The highest BCUT2D eigenvalue weighted by Gasteiger charge is 2.30. The molecule has 6 nitrogen and oxygen atoms in total. The number of ether oxygens (including phenoxy) is 3. The Bertz CT molecular complexity index is 877. The number of morpholine rings is 1. The van der Waals surface area contributed by atoms with Gasteiger partial charge in [0.05, 0.1) is 33.0 Å². The maximum Gasteiger partial charge on any atom is 0.303 e. The number of aliphatic carboxylic acids is 1. The predicted molar refractivity (Wildman–Crippen MR) is 143 cm³/mol. The molecule has 2 aromatic carbocycles. The van der Waals surface area contributed by atoms with Crippen LogP contribution in [0.25, 0.3) is 11.1 Å². The topological polar surface area (TPSA) is 68.2 Å². The van der Waals surface area contributed by atoms with Gasteiger partial charge in [0.2, 0.25) is 0 Å². The van der Waals surface area contributed by atoms with Crippen LogP contribution in [-0.4, -0.2) is 61.5 Å². The highest BCUT2D eigenvalue weighted by molar-refractivity contribution is 5.66. The van der Waals surface area contributed by atoms with Gasteiger partial charge in [0, 0.05) is 25.6 Å². The molecule has 0 bridgehead atoms. The molecule has 1 aliphatic carbocycles. The molecule has 1 saturated carbocycles. The molecular weight excluding hydrogens is 454 g/mol. The molecule has 2 aliphatic rings. The van der Waals surface area contributed by atoms with E-state index in [0.29, 0.717) is 25.2 Å². The van der Waals surface area contributed by atoms with Crippen molar-refractivity contribution in [3.05, 3.63) is 54.1 Å². The van der Waals surface area contributed by atoms with E-state index in [9.17, 15) is 4.79 Å². The highest BCUT2D eigenvalue weighted by Crippen LogP contribution is 2.28. The number of rotatable bonds is 11. The van der Waals surface area contributed by atoms with Crippen molar-refractivity contribution in [1.82, 2.24) is 4.90 Å². The molecule has 1 aliphatic heterocycles. The quantitative estimate of drug-likeness (QED) is 0.374. The summed E-state index contributed by atoms with van der Waals surface area (Å²) in [7, 11) is 1.69. The van der Waals surface area contributed by atoms with Crippen LogP contribution in [0.3, 0.4) is 0 Å². The van der Waals surface area contributed by atoms with Crippen molar-refractivity contribution >= 4 is 5.97 Å². The van der Waals surface area contributed by atoms with Crippen LogP contribution in [0.15, 0.2) is 48.5 Å². The number of carbonyl (C=O) groups is 1. The number of unbranched alkanes of at least 4 members (excludes halogenated alkanes) is 3. The summed E-state index contributed by atoms with van der Waals surface area (Å²) in [5.41, 5.74) is 3.66. The van der Waals surface area contributed by atoms with Crippen LogP contribution >= 0.6 is 0 Å². The lowest BCUT2D eigenvalue weighted by atomic mass is 10.0. The van der Waals surface area contributed by atoms with Gasteiger partial charge in [-0.25, -0.2) is 0 Å². The Morgan fingerprint density at radius 3 is 2.25 bits per heavy atom. The standard InChI is InChI=1S/C23H29NO3.C7H14O2/c1-25-22-9-6-20(7-10-22)19-4-2-18(3-5-19)17-27-23-11-8-21(16-23)24-12-14-26-15-13-24;1-2-3-4-5-6-7(8)9/h2-7,9-10,21,23H,8,11-17H2,1H3;2-6H2,1H3,(H,8,9). The smallest absolute Gasteiger partial charge is 0.303 e. The molecule has 2 atom stereocenters. The van der Waals surface area contributed by atoms with Crippen molar-refractivity contribution in [3.63, 3.8) is 0 Å². The zero-order valence-electron chi connectivity index (χ0n) is 22.0. The molecule has 2 aromatic rings. The first kappa shape index (κ1) is 28.2. The summed E-state index contributed by atoms with van der Waals surface area (Å²) < 4.78 is 16.9. The predicted octanol–water partition coefficient (Wildman–Crippen LogP) is 6.17. The van der Waals surface area contributed by atoms with Crippen LogP contribution in [0.4, 0.5) is 0 Å². The fourth-order valence-corrected chi connectivity index (χ4v) is 4.84. The molecule has 0 amide bonds. The fraction of sp³-hybridized carbons (Fsp3) is 0.567. The minimum absolute atomic E-state index is 0.333. The number of nitrogens with zero attached hydrogens (tertiary/aromatic N) is 1. The van der Waals surface area contributed by atoms with Crippen molar-refractivity contribution < 1.29 is 24.1 Å². The normalized spacial score (nSPS) is 19.9. The Hall–Kier alpha value is -2.41. The average molecular weight is 498 g/mol. The van der Waals surface area contributed by atoms with Crippen molar-refractivity contribution in [2.75, 3.05) is 33.4 Å². The summed E-state index contributed by atoms with van der Waals surface area (Å²) in [4.78, 5) is 12.5. The number of methoxy groups -OCH3 is 1. The SMILES string of the molecule is CCCCCCC(=O)O.COc1ccc(-c2ccc(COC3CCC(N4CCOCC4)C3)cc2)cc1. The second-order valence-electron chi connectivity index (χ2n) is 9.68. The summed E-state index contributed by atoms with van der Waals surface area (Å²) in [5.74, 6) is 0.210. The first-order valence-electron chi connectivity index (χ1n) is 13.5. The molecule has 6 heteroatoms. The van der Waals surface area contributed by atoms with E-state index in [0.717, 1.165) is 57.7 Å².